The zero-order chi connectivity index (χ0) is 15.4. The quantitative estimate of drug-likeness (QED) is 0.817. The second-order valence-corrected chi connectivity index (χ2v) is 5.80. The van der Waals surface area contributed by atoms with E-state index in [9.17, 15) is 9.90 Å². The van der Waals surface area contributed by atoms with E-state index in [0.29, 0.717) is 30.2 Å². The van der Waals surface area contributed by atoms with Crippen LogP contribution in [0.4, 0.5) is 0 Å². The molecular weight excluding hydrogens is 264 g/mol. The number of hydrogen-bond acceptors (Lipinski definition) is 3. The Hall–Kier alpha value is -2.10. The van der Waals surface area contributed by atoms with E-state index in [-0.39, 0.29) is 17.7 Å². The maximum atomic E-state index is 12.1. The largest absolute Gasteiger partial charge is 0.509 e. The highest BCUT2D eigenvalue weighted by Crippen LogP contribution is 2.20. The molecule has 4 nitrogen and oxygen atoms in total. The summed E-state index contributed by atoms with van der Waals surface area (Å²) in [5, 5.41) is 13.2. The number of carbonyl (C=O) groups excluding carboxylic acids is 1. The van der Waals surface area contributed by atoms with Crippen molar-refractivity contribution in [2.24, 2.45) is 10.9 Å². The number of aliphatic hydroxyl groups excluding tert-OH is 1. The molecule has 1 atom stereocenters. The number of amides is 1. The van der Waals surface area contributed by atoms with Gasteiger partial charge in [-0.3, -0.25) is 9.79 Å². The minimum Gasteiger partial charge on any atom is -0.509 e. The third-order valence-electron chi connectivity index (χ3n) is 3.46. The normalized spacial score (nSPS) is 19.3. The molecule has 2 N–H and O–H groups in total. The second kappa shape index (κ2) is 6.57. The molecule has 0 fully saturated rings. The highest BCUT2D eigenvalue weighted by Gasteiger charge is 2.33. The maximum Gasteiger partial charge on any atom is 0.257 e. The van der Waals surface area contributed by atoms with Crippen LogP contribution in [0.15, 0.2) is 46.7 Å². The lowest BCUT2D eigenvalue weighted by Crippen LogP contribution is -2.31. The Bertz CT molecular complexity index is 574. The molecule has 0 radical (unpaired) electrons. The van der Waals surface area contributed by atoms with Crippen LogP contribution in [-0.2, 0) is 11.2 Å². The fourth-order valence-corrected chi connectivity index (χ4v) is 2.34. The number of rotatable bonds is 5. The third kappa shape index (κ3) is 3.72. The van der Waals surface area contributed by atoms with Crippen LogP contribution < -0.4 is 5.32 Å². The van der Waals surface area contributed by atoms with E-state index in [2.05, 4.69) is 24.2 Å². The van der Waals surface area contributed by atoms with Gasteiger partial charge in [-0.2, -0.15) is 0 Å². The van der Waals surface area contributed by atoms with Crippen molar-refractivity contribution in [2.45, 2.75) is 33.2 Å². The van der Waals surface area contributed by atoms with Crippen molar-refractivity contribution in [3.63, 3.8) is 0 Å². The van der Waals surface area contributed by atoms with Crippen LogP contribution in [0.25, 0.3) is 0 Å². The predicted octanol–water partition coefficient (Wildman–Crippen LogP) is 2.66. The third-order valence-corrected chi connectivity index (χ3v) is 3.46. The summed E-state index contributed by atoms with van der Waals surface area (Å²) in [6.45, 7) is 6.56. The summed E-state index contributed by atoms with van der Waals surface area (Å²) in [4.78, 5) is 16.4. The zero-order valence-electron chi connectivity index (χ0n) is 12.8. The van der Waals surface area contributed by atoms with Gasteiger partial charge in [0.1, 0.15) is 5.76 Å². The molecule has 1 amide bonds. The van der Waals surface area contributed by atoms with Crippen LogP contribution in [0.5, 0.6) is 0 Å². The highest BCUT2D eigenvalue weighted by molar-refractivity contribution is 6.22. The fourth-order valence-electron chi connectivity index (χ4n) is 2.34. The summed E-state index contributed by atoms with van der Waals surface area (Å²) < 4.78 is 0. The Balaban J connectivity index is 2.17. The van der Waals surface area contributed by atoms with E-state index in [1.54, 1.807) is 6.92 Å². The van der Waals surface area contributed by atoms with Gasteiger partial charge in [0.2, 0.25) is 0 Å². The molecule has 4 heteroatoms. The zero-order valence-corrected chi connectivity index (χ0v) is 12.8. The van der Waals surface area contributed by atoms with Crippen molar-refractivity contribution in [3.8, 4) is 0 Å². The number of hydrogen-bond donors (Lipinski definition) is 2. The van der Waals surface area contributed by atoms with Gasteiger partial charge in [0.25, 0.3) is 5.91 Å². The summed E-state index contributed by atoms with van der Waals surface area (Å²) >= 11 is 0. The molecule has 1 aliphatic heterocycles. The smallest absolute Gasteiger partial charge is 0.257 e. The Labute approximate surface area is 125 Å². The van der Waals surface area contributed by atoms with Crippen molar-refractivity contribution in [1.29, 1.82) is 0 Å². The van der Waals surface area contributed by atoms with Gasteiger partial charge in [0, 0.05) is 12.3 Å². The fraction of sp³-hybridized carbons (Fsp3) is 0.412. The molecule has 2 rings (SSSR count). The number of nitrogens with zero attached hydrogens (tertiary/aromatic N) is 1. The second-order valence-electron chi connectivity index (χ2n) is 5.80. The Kier molecular flexibility index (Phi) is 4.78. The number of carbonyl (C=O) groups is 1. The van der Waals surface area contributed by atoms with Gasteiger partial charge in [-0.25, -0.2) is 0 Å². The lowest BCUT2D eigenvalue weighted by molar-refractivity contribution is -0.116. The molecule has 112 valence electrons. The number of benzene rings is 1. The Morgan fingerprint density at radius 3 is 2.62 bits per heavy atom. The first kappa shape index (κ1) is 15.3. The predicted molar refractivity (Wildman–Crippen MR) is 84.5 cm³/mol. The molecule has 1 heterocycles. The van der Waals surface area contributed by atoms with Crippen LogP contribution >= 0.6 is 0 Å². The van der Waals surface area contributed by atoms with E-state index in [1.165, 1.54) is 0 Å². The SMILES string of the molecule is CC(=NCC(C)C)C1=C(O)[C@H](Cc2ccccc2)NC1=O. The Morgan fingerprint density at radius 2 is 2.00 bits per heavy atom. The van der Waals surface area contributed by atoms with E-state index in [0.717, 1.165) is 5.56 Å². The molecule has 0 saturated carbocycles. The van der Waals surface area contributed by atoms with Crippen LogP contribution in [0, 0.1) is 5.92 Å². The van der Waals surface area contributed by atoms with Crippen molar-refractivity contribution in [1.82, 2.24) is 5.32 Å². The lowest BCUT2D eigenvalue weighted by Gasteiger charge is -2.10. The van der Waals surface area contributed by atoms with Crippen LogP contribution in [-0.4, -0.2) is 29.3 Å². The van der Waals surface area contributed by atoms with Gasteiger partial charge in [-0.15, -0.1) is 0 Å². The molecule has 1 aromatic rings. The molecule has 1 aliphatic rings. The summed E-state index contributed by atoms with van der Waals surface area (Å²) in [7, 11) is 0. The van der Waals surface area contributed by atoms with Crippen molar-refractivity contribution in [3.05, 3.63) is 47.2 Å². The minimum atomic E-state index is -0.362. The van der Waals surface area contributed by atoms with Crippen LogP contribution in [0.2, 0.25) is 0 Å². The molecular formula is C17H22N2O2. The molecule has 0 aliphatic carbocycles. The minimum absolute atomic E-state index is 0.105. The Morgan fingerprint density at radius 1 is 1.33 bits per heavy atom. The monoisotopic (exact) mass is 286 g/mol. The number of aliphatic imine (C=N–C) groups is 1. The first-order valence-corrected chi connectivity index (χ1v) is 7.28. The summed E-state index contributed by atoms with van der Waals surface area (Å²) in [6.07, 6.45) is 0.583. The standard InChI is InChI=1S/C17H22N2O2/c1-11(2)10-18-12(3)15-16(20)14(19-17(15)21)9-13-7-5-4-6-8-13/h4-8,11,14,20H,9-10H2,1-3H3,(H,19,21)/t14-/m0/s1. The van der Waals surface area contributed by atoms with Gasteiger partial charge >= 0.3 is 0 Å². The molecule has 0 aromatic heterocycles. The number of nitrogens with one attached hydrogen (secondary N) is 1. The average Bonchev–Trinajstić information content (AvgIpc) is 2.72. The molecule has 0 unspecified atom stereocenters. The molecule has 1 aromatic carbocycles. The van der Waals surface area contributed by atoms with Crippen LogP contribution in [0.3, 0.4) is 0 Å². The summed E-state index contributed by atoms with van der Waals surface area (Å²) in [5.41, 5.74) is 2.01. The molecule has 0 spiro atoms. The summed E-state index contributed by atoms with van der Waals surface area (Å²) in [5.74, 6) is 0.291. The maximum absolute atomic E-state index is 12.1. The topological polar surface area (TPSA) is 61.7 Å². The van der Waals surface area contributed by atoms with E-state index in [1.807, 2.05) is 30.3 Å². The first-order valence-electron chi connectivity index (χ1n) is 7.28. The van der Waals surface area contributed by atoms with Gasteiger partial charge in [0.05, 0.1) is 11.6 Å². The molecule has 0 saturated heterocycles. The van der Waals surface area contributed by atoms with E-state index >= 15 is 0 Å². The van der Waals surface area contributed by atoms with Gasteiger partial charge < -0.3 is 10.4 Å². The van der Waals surface area contributed by atoms with Crippen molar-refractivity contribution < 1.29 is 9.90 Å². The van der Waals surface area contributed by atoms with Crippen molar-refractivity contribution >= 4 is 11.6 Å². The van der Waals surface area contributed by atoms with E-state index in [4.69, 9.17) is 0 Å². The van der Waals surface area contributed by atoms with Crippen molar-refractivity contribution in [2.75, 3.05) is 6.54 Å². The average molecular weight is 286 g/mol. The van der Waals surface area contributed by atoms with Crippen LogP contribution in [0.1, 0.15) is 26.3 Å². The molecule has 21 heavy (non-hydrogen) atoms. The summed E-state index contributed by atoms with van der Waals surface area (Å²) in [6, 6.07) is 9.44. The van der Waals surface area contributed by atoms with Gasteiger partial charge in [-0.1, -0.05) is 44.2 Å². The molecule has 0 bridgehead atoms. The van der Waals surface area contributed by atoms with Gasteiger partial charge in [-0.05, 0) is 24.8 Å². The lowest BCUT2D eigenvalue weighted by atomic mass is 10.0. The number of aliphatic hydroxyl groups is 1. The van der Waals surface area contributed by atoms with E-state index < -0.39 is 0 Å². The van der Waals surface area contributed by atoms with Gasteiger partial charge in [0.15, 0.2) is 0 Å². The highest BCUT2D eigenvalue weighted by atomic mass is 16.3. The first-order chi connectivity index (χ1) is 9.99.